The lowest BCUT2D eigenvalue weighted by molar-refractivity contribution is 0.681. The number of aromatic nitrogens is 1. The Labute approximate surface area is 108 Å². The molecule has 0 saturated carbocycles. The zero-order valence-corrected chi connectivity index (χ0v) is 11.4. The quantitative estimate of drug-likeness (QED) is 0.832. The van der Waals surface area contributed by atoms with E-state index in [9.17, 15) is 0 Å². The third kappa shape index (κ3) is 3.04. The van der Waals surface area contributed by atoms with Gasteiger partial charge in [0.1, 0.15) is 5.01 Å². The fourth-order valence-corrected chi connectivity index (χ4v) is 3.34. The Morgan fingerprint density at radius 1 is 1.50 bits per heavy atom. The van der Waals surface area contributed by atoms with E-state index in [1.165, 1.54) is 4.88 Å². The van der Waals surface area contributed by atoms with Crippen LogP contribution in [0.1, 0.15) is 18.2 Å². The van der Waals surface area contributed by atoms with Gasteiger partial charge in [0.25, 0.3) is 0 Å². The molecule has 0 spiro atoms. The summed E-state index contributed by atoms with van der Waals surface area (Å²) in [5.74, 6) is 0. The molecule has 16 heavy (non-hydrogen) atoms. The van der Waals surface area contributed by atoms with Gasteiger partial charge in [0, 0.05) is 23.0 Å². The number of halogens is 1. The van der Waals surface area contributed by atoms with E-state index in [4.69, 9.17) is 11.6 Å². The van der Waals surface area contributed by atoms with Gasteiger partial charge in [0.2, 0.25) is 0 Å². The van der Waals surface area contributed by atoms with E-state index in [0.29, 0.717) is 0 Å². The fourth-order valence-electron chi connectivity index (χ4n) is 1.32. The predicted octanol–water partition coefficient (Wildman–Crippen LogP) is 4.02. The number of rotatable bonds is 5. The average Bonchev–Trinajstić information content (AvgIpc) is 2.87. The lowest BCUT2D eigenvalue weighted by atomic mass is 10.4. The SMILES string of the molecule is CCCNCc1cnc(-c2cc(Cl)cs2)s1. The van der Waals surface area contributed by atoms with E-state index >= 15 is 0 Å². The molecule has 5 heteroatoms. The normalized spacial score (nSPS) is 10.9. The second-order valence-electron chi connectivity index (χ2n) is 3.44. The first-order valence-electron chi connectivity index (χ1n) is 5.19. The van der Waals surface area contributed by atoms with Crippen molar-refractivity contribution in [2.45, 2.75) is 19.9 Å². The molecule has 2 aromatic rings. The molecule has 2 nitrogen and oxygen atoms in total. The molecule has 0 aromatic carbocycles. The van der Waals surface area contributed by atoms with Gasteiger partial charge < -0.3 is 5.32 Å². The van der Waals surface area contributed by atoms with Crippen molar-refractivity contribution in [2.75, 3.05) is 6.54 Å². The molecule has 1 N–H and O–H groups in total. The van der Waals surface area contributed by atoms with Gasteiger partial charge in [0.05, 0.1) is 9.90 Å². The summed E-state index contributed by atoms with van der Waals surface area (Å²) in [6, 6.07) is 1.97. The molecule has 86 valence electrons. The molecule has 0 bridgehead atoms. The van der Waals surface area contributed by atoms with Crippen LogP contribution in [0.25, 0.3) is 9.88 Å². The Balaban J connectivity index is 2.02. The molecule has 0 fully saturated rings. The summed E-state index contributed by atoms with van der Waals surface area (Å²) in [6.07, 6.45) is 3.10. The Morgan fingerprint density at radius 2 is 2.38 bits per heavy atom. The average molecular weight is 273 g/mol. The number of hydrogen-bond donors (Lipinski definition) is 1. The summed E-state index contributed by atoms with van der Waals surface area (Å²) in [7, 11) is 0. The van der Waals surface area contributed by atoms with Crippen LogP contribution in [-0.2, 0) is 6.54 Å². The maximum Gasteiger partial charge on any atom is 0.133 e. The van der Waals surface area contributed by atoms with Crippen molar-refractivity contribution in [2.24, 2.45) is 0 Å². The number of hydrogen-bond acceptors (Lipinski definition) is 4. The molecule has 0 amide bonds. The van der Waals surface area contributed by atoms with Crippen molar-refractivity contribution in [3.63, 3.8) is 0 Å². The van der Waals surface area contributed by atoms with Crippen LogP contribution in [0.2, 0.25) is 5.02 Å². The fraction of sp³-hybridized carbons (Fsp3) is 0.364. The number of thiazole rings is 1. The molecule has 0 aliphatic carbocycles. The van der Waals surface area contributed by atoms with Crippen LogP contribution in [0, 0.1) is 0 Å². The van der Waals surface area contributed by atoms with Crippen LogP contribution >= 0.6 is 34.3 Å². The van der Waals surface area contributed by atoms with Gasteiger partial charge in [-0.1, -0.05) is 18.5 Å². The summed E-state index contributed by atoms with van der Waals surface area (Å²) in [6.45, 7) is 4.13. The summed E-state index contributed by atoms with van der Waals surface area (Å²) >= 11 is 9.26. The van der Waals surface area contributed by atoms with Gasteiger partial charge in [-0.15, -0.1) is 22.7 Å². The van der Waals surface area contributed by atoms with E-state index in [1.807, 2.05) is 17.6 Å². The first-order valence-corrected chi connectivity index (χ1v) is 7.27. The highest BCUT2D eigenvalue weighted by Crippen LogP contribution is 2.32. The second-order valence-corrected chi connectivity index (χ2v) is 5.90. The summed E-state index contributed by atoms with van der Waals surface area (Å²) in [5, 5.41) is 7.16. The van der Waals surface area contributed by atoms with Crippen molar-refractivity contribution in [1.29, 1.82) is 0 Å². The van der Waals surface area contributed by atoms with Crippen LogP contribution in [0.15, 0.2) is 17.6 Å². The Hall–Kier alpha value is -0.420. The Kier molecular flexibility index (Phi) is 4.35. The highest BCUT2D eigenvalue weighted by molar-refractivity contribution is 7.21. The maximum atomic E-state index is 5.89. The third-order valence-corrected chi connectivity index (χ3v) is 4.50. The first-order chi connectivity index (χ1) is 7.79. The van der Waals surface area contributed by atoms with Crippen molar-refractivity contribution >= 4 is 34.3 Å². The molecular weight excluding hydrogens is 260 g/mol. The van der Waals surface area contributed by atoms with Crippen molar-refractivity contribution < 1.29 is 0 Å². The highest BCUT2D eigenvalue weighted by atomic mass is 35.5. The third-order valence-electron chi connectivity index (χ3n) is 2.06. The predicted molar refractivity (Wildman–Crippen MR) is 72.4 cm³/mol. The number of nitrogens with one attached hydrogen (secondary N) is 1. The summed E-state index contributed by atoms with van der Waals surface area (Å²) in [5.41, 5.74) is 0. The lowest BCUT2D eigenvalue weighted by Gasteiger charge is -1.97. The molecule has 0 radical (unpaired) electrons. The Morgan fingerprint density at radius 3 is 3.06 bits per heavy atom. The van der Waals surface area contributed by atoms with Crippen LogP contribution in [-0.4, -0.2) is 11.5 Å². The van der Waals surface area contributed by atoms with Crippen LogP contribution in [0.5, 0.6) is 0 Å². The van der Waals surface area contributed by atoms with E-state index in [1.54, 1.807) is 22.7 Å². The van der Waals surface area contributed by atoms with Gasteiger partial charge in [-0.05, 0) is 19.0 Å². The summed E-state index contributed by atoms with van der Waals surface area (Å²) < 4.78 is 0. The molecule has 0 saturated heterocycles. The molecule has 0 aliphatic heterocycles. The maximum absolute atomic E-state index is 5.89. The first kappa shape index (κ1) is 12.0. The highest BCUT2D eigenvalue weighted by Gasteiger charge is 2.06. The van der Waals surface area contributed by atoms with E-state index in [-0.39, 0.29) is 0 Å². The van der Waals surface area contributed by atoms with Crippen LogP contribution in [0.3, 0.4) is 0 Å². The molecule has 0 atom stereocenters. The monoisotopic (exact) mass is 272 g/mol. The lowest BCUT2D eigenvalue weighted by Crippen LogP contribution is -2.12. The van der Waals surface area contributed by atoms with Gasteiger partial charge in [0.15, 0.2) is 0 Å². The summed E-state index contributed by atoms with van der Waals surface area (Å²) in [4.78, 5) is 6.83. The van der Waals surface area contributed by atoms with Crippen molar-refractivity contribution in [3.8, 4) is 9.88 Å². The van der Waals surface area contributed by atoms with Gasteiger partial charge in [-0.25, -0.2) is 4.98 Å². The molecule has 0 aliphatic rings. The minimum absolute atomic E-state index is 0.792. The van der Waals surface area contributed by atoms with Crippen LogP contribution < -0.4 is 5.32 Å². The van der Waals surface area contributed by atoms with Crippen molar-refractivity contribution in [3.05, 3.63) is 27.5 Å². The standard InChI is InChI=1S/C11H13ClN2S2/c1-2-3-13-5-9-6-14-11(16-9)10-4-8(12)7-15-10/h4,6-7,13H,2-3,5H2,1H3. The zero-order chi connectivity index (χ0) is 11.4. The topological polar surface area (TPSA) is 24.9 Å². The molecule has 2 rings (SSSR count). The molecular formula is C11H13ClN2S2. The minimum Gasteiger partial charge on any atom is -0.312 e. The van der Waals surface area contributed by atoms with E-state index in [0.717, 1.165) is 34.4 Å². The van der Waals surface area contributed by atoms with Gasteiger partial charge in [-0.2, -0.15) is 0 Å². The molecule has 0 unspecified atom stereocenters. The van der Waals surface area contributed by atoms with Gasteiger partial charge >= 0.3 is 0 Å². The Bertz CT molecular complexity index is 450. The molecule has 2 aromatic heterocycles. The van der Waals surface area contributed by atoms with E-state index in [2.05, 4.69) is 17.2 Å². The second kappa shape index (κ2) is 5.77. The van der Waals surface area contributed by atoms with Crippen LogP contribution in [0.4, 0.5) is 0 Å². The van der Waals surface area contributed by atoms with Gasteiger partial charge in [-0.3, -0.25) is 0 Å². The minimum atomic E-state index is 0.792. The largest absolute Gasteiger partial charge is 0.312 e. The number of nitrogens with zero attached hydrogens (tertiary/aromatic N) is 1. The van der Waals surface area contributed by atoms with E-state index < -0.39 is 0 Å². The number of thiophene rings is 1. The zero-order valence-electron chi connectivity index (χ0n) is 9.00. The van der Waals surface area contributed by atoms with Crippen molar-refractivity contribution in [1.82, 2.24) is 10.3 Å². The molecule has 2 heterocycles. The smallest absolute Gasteiger partial charge is 0.133 e.